The number of primary amides is 1. The zero-order valence-electron chi connectivity index (χ0n) is 11.7. The summed E-state index contributed by atoms with van der Waals surface area (Å²) in [7, 11) is 0. The minimum Gasteiger partial charge on any atom is -0.478 e. The maximum atomic E-state index is 11.5. The molecule has 1 aliphatic heterocycles. The average molecular weight is 277 g/mol. The summed E-state index contributed by atoms with van der Waals surface area (Å²) in [6, 6.07) is 2.69. The highest BCUT2D eigenvalue weighted by molar-refractivity contribution is 5.89. The van der Waals surface area contributed by atoms with Crippen molar-refractivity contribution in [3.63, 3.8) is 0 Å². The van der Waals surface area contributed by atoms with Gasteiger partial charge < -0.3 is 15.7 Å². The summed E-state index contributed by atoms with van der Waals surface area (Å²) >= 11 is 0. The van der Waals surface area contributed by atoms with Gasteiger partial charge in [0.1, 0.15) is 11.9 Å². The maximum Gasteiger partial charge on any atom is 0.335 e. The zero-order chi connectivity index (χ0) is 14.9. The number of hydrogen-bond donors (Lipinski definition) is 2. The highest BCUT2D eigenvalue weighted by Crippen LogP contribution is 2.27. The summed E-state index contributed by atoms with van der Waals surface area (Å²) in [4.78, 5) is 29.0. The number of aromatic nitrogens is 1. The van der Waals surface area contributed by atoms with Gasteiger partial charge in [-0.15, -0.1) is 0 Å². The fourth-order valence-electron chi connectivity index (χ4n) is 2.44. The van der Waals surface area contributed by atoms with Gasteiger partial charge in [-0.3, -0.25) is 4.79 Å². The molecule has 0 saturated carbocycles. The van der Waals surface area contributed by atoms with Crippen LogP contribution >= 0.6 is 0 Å². The van der Waals surface area contributed by atoms with Crippen LogP contribution in [0.15, 0.2) is 12.1 Å². The Bertz CT molecular complexity index is 542. The van der Waals surface area contributed by atoms with Gasteiger partial charge in [0.05, 0.1) is 5.56 Å². The van der Waals surface area contributed by atoms with E-state index < -0.39 is 17.9 Å². The number of nitrogens with two attached hydrogens (primary N) is 1. The molecule has 1 aliphatic rings. The summed E-state index contributed by atoms with van der Waals surface area (Å²) in [5, 5.41) is 9.20. The third-order valence-corrected chi connectivity index (χ3v) is 3.55. The summed E-state index contributed by atoms with van der Waals surface area (Å²) in [5.41, 5.74) is 6.29. The second-order valence-corrected chi connectivity index (χ2v) is 5.35. The van der Waals surface area contributed by atoms with Crippen molar-refractivity contribution in [2.45, 2.75) is 38.6 Å². The Morgan fingerprint density at radius 3 is 2.70 bits per heavy atom. The Balaban J connectivity index is 2.44. The molecular weight excluding hydrogens is 258 g/mol. The first-order chi connectivity index (χ1) is 9.40. The van der Waals surface area contributed by atoms with Gasteiger partial charge in [0.25, 0.3) is 0 Å². The molecular formula is C14H19N3O3. The Morgan fingerprint density at radius 2 is 2.15 bits per heavy atom. The number of anilines is 1. The van der Waals surface area contributed by atoms with Crippen LogP contribution in [0.2, 0.25) is 0 Å². The van der Waals surface area contributed by atoms with E-state index in [2.05, 4.69) is 4.98 Å². The van der Waals surface area contributed by atoms with E-state index in [1.807, 2.05) is 13.8 Å². The summed E-state index contributed by atoms with van der Waals surface area (Å²) in [5.74, 6) is -0.751. The van der Waals surface area contributed by atoms with Crippen LogP contribution in [0.4, 0.5) is 5.82 Å². The van der Waals surface area contributed by atoms with Crippen LogP contribution in [0, 0.1) is 0 Å². The predicted octanol–water partition coefficient (Wildman–Crippen LogP) is 1.36. The van der Waals surface area contributed by atoms with Crippen LogP contribution < -0.4 is 10.6 Å². The zero-order valence-corrected chi connectivity index (χ0v) is 11.7. The summed E-state index contributed by atoms with van der Waals surface area (Å²) in [6.07, 6.45) is 1.54. The van der Waals surface area contributed by atoms with Crippen LogP contribution in [0.3, 0.4) is 0 Å². The van der Waals surface area contributed by atoms with Crippen molar-refractivity contribution >= 4 is 17.7 Å². The van der Waals surface area contributed by atoms with E-state index in [9.17, 15) is 14.7 Å². The number of carbonyl (C=O) groups excluding carboxylic acids is 1. The third kappa shape index (κ3) is 2.74. The van der Waals surface area contributed by atoms with Gasteiger partial charge in [0, 0.05) is 12.2 Å². The van der Waals surface area contributed by atoms with Gasteiger partial charge in [0.15, 0.2) is 0 Å². The standard InChI is InChI=1S/C14H19N3O3/c1-8(2)10-6-9(14(19)20)7-12(16-10)17-5-3-4-11(17)13(15)18/h6-8,11H,3-5H2,1-2H3,(H2,15,18)(H,19,20). The number of amides is 1. The fourth-order valence-corrected chi connectivity index (χ4v) is 2.44. The molecule has 108 valence electrons. The Morgan fingerprint density at radius 1 is 1.45 bits per heavy atom. The van der Waals surface area contributed by atoms with Gasteiger partial charge in [0.2, 0.25) is 5.91 Å². The van der Waals surface area contributed by atoms with Gasteiger partial charge in [-0.1, -0.05) is 13.8 Å². The first-order valence-corrected chi connectivity index (χ1v) is 6.71. The van der Waals surface area contributed by atoms with Crippen LogP contribution in [0.5, 0.6) is 0 Å². The SMILES string of the molecule is CC(C)c1cc(C(=O)O)cc(N2CCCC2C(N)=O)n1. The molecule has 0 aromatic carbocycles. The second-order valence-electron chi connectivity index (χ2n) is 5.35. The minimum absolute atomic E-state index is 0.114. The van der Waals surface area contributed by atoms with Crippen molar-refractivity contribution in [1.29, 1.82) is 0 Å². The highest BCUT2D eigenvalue weighted by Gasteiger charge is 2.30. The van der Waals surface area contributed by atoms with Crippen LogP contribution in [0.25, 0.3) is 0 Å². The number of nitrogens with zero attached hydrogens (tertiary/aromatic N) is 2. The number of carboxylic acids is 1. The Labute approximate surface area is 117 Å². The molecule has 1 amide bonds. The molecule has 2 rings (SSSR count). The van der Waals surface area contributed by atoms with Crippen molar-refractivity contribution in [2.24, 2.45) is 5.73 Å². The number of carboxylic acid groups (broad SMARTS) is 1. The number of aromatic carboxylic acids is 1. The second kappa shape index (κ2) is 5.48. The maximum absolute atomic E-state index is 11.5. The predicted molar refractivity (Wildman–Crippen MR) is 74.8 cm³/mol. The van der Waals surface area contributed by atoms with E-state index in [0.29, 0.717) is 24.5 Å². The lowest BCUT2D eigenvalue weighted by molar-refractivity contribution is -0.119. The molecule has 1 unspecified atom stereocenters. The van der Waals surface area contributed by atoms with E-state index in [1.54, 1.807) is 11.0 Å². The lowest BCUT2D eigenvalue weighted by Crippen LogP contribution is -2.40. The van der Waals surface area contributed by atoms with Gasteiger partial charge in [-0.25, -0.2) is 9.78 Å². The molecule has 0 spiro atoms. The van der Waals surface area contributed by atoms with Crippen LogP contribution in [-0.4, -0.2) is 34.6 Å². The number of hydrogen-bond acceptors (Lipinski definition) is 4. The normalized spacial score (nSPS) is 18.6. The smallest absolute Gasteiger partial charge is 0.335 e. The van der Waals surface area contributed by atoms with E-state index in [1.165, 1.54) is 6.07 Å². The number of carbonyl (C=O) groups is 2. The largest absolute Gasteiger partial charge is 0.478 e. The quantitative estimate of drug-likeness (QED) is 0.866. The van der Waals surface area contributed by atoms with Crippen LogP contribution in [0.1, 0.15) is 48.7 Å². The van der Waals surface area contributed by atoms with Crippen molar-refractivity contribution in [2.75, 3.05) is 11.4 Å². The van der Waals surface area contributed by atoms with Crippen molar-refractivity contribution in [3.8, 4) is 0 Å². The molecule has 1 fully saturated rings. The molecule has 0 bridgehead atoms. The number of rotatable bonds is 4. The topological polar surface area (TPSA) is 96.5 Å². The molecule has 1 atom stereocenters. The van der Waals surface area contributed by atoms with E-state index >= 15 is 0 Å². The first kappa shape index (κ1) is 14.3. The molecule has 0 aliphatic carbocycles. The molecule has 20 heavy (non-hydrogen) atoms. The van der Waals surface area contributed by atoms with Crippen molar-refractivity contribution in [3.05, 3.63) is 23.4 Å². The van der Waals surface area contributed by atoms with Gasteiger partial charge in [-0.2, -0.15) is 0 Å². The van der Waals surface area contributed by atoms with Gasteiger partial charge >= 0.3 is 5.97 Å². The Kier molecular flexibility index (Phi) is 3.92. The van der Waals surface area contributed by atoms with E-state index in [4.69, 9.17) is 5.73 Å². The highest BCUT2D eigenvalue weighted by atomic mass is 16.4. The van der Waals surface area contributed by atoms with Crippen molar-refractivity contribution in [1.82, 2.24) is 4.98 Å². The third-order valence-electron chi connectivity index (χ3n) is 3.55. The summed E-state index contributed by atoms with van der Waals surface area (Å²) < 4.78 is 0. The Hall–Kier alpha value is -2.11. The number of pyridine rings is 1. The molecule has 2 heterocycles. The molecule has 3 N–H and O–H groups in total. The first-order valence-electron chi connectivity index (χ1n) is 6.71. The molecule has 0 radical (unpaired) electrons. The fraction of sp³-hybridized carbons (Fsp3) is 0.500. The molecule has 1 aromatic heterocycles. The molecule has 6 nitrogen and oxygen atoms in total. The van der Waals surface area contributed by atoms with E-state index in [-0.39, 0.29) is 11.5 Å². The lowest BCUT2D eigenvalue weighted by Gasteiger charge is -2.24. The minimum atomic E-state index is -0.995. The summed E-state index contributed by atoms with van der Waals surface area (Å²) in [6.45, 7) is 4.57. The van der Waals surface area contributed by atoms with Crippen molar-refractivity contribution < 1.29 is 14.7 Å². The van der Waals surface area contributed by atoms with E-state index in [0.717, 1.165) is 6.42 Å². The average Bonchev–Trinajstić information content (AvgIpc) is 2.87. The van der Waals surface area contributed by atoms with Crippen LogP contribution in [-0.2, 0) is 4.79 Å². The van der Waals surface area contributed by atoms with Gasteiger partial charge in [-0.05, 0) is 30.9 Å². The molecule has 1 saturated heterocycles. The monoisotopic (exact) mass is 277 g/mol. The lowest BCUT2D eigenvalue weighted by atomic mass is 10.1. The molecule has 1 aromatic rings. The molecule has 6 heteroatoms.